The van der Waals surface area contributed by atoms with Crippen molar-refractivity contribution in [1.29, 1.82) is 0 Å². The molecule has 2 aliphatic rings. The highest BCUT2D eigenvalue weighted by Gasteiger charge is 2.47. The fraction of sp³-hybridized carbons (Fsp3) is 0.917. The molecule has 2 aliphatic carbocycles. The lowest BCUT2D eigenvalue weighted by atomic mass is 9.85. The van der Waals surface area contributed by atoms with Gasteiger partial charge in [0.05, 0.1) is 0 Å². The molecule has 1 amide bonds. The van der Waals surface area contributed by atoms with Crippen LogP contribution in [0.3, 0.4) is 0 Å². The summed E-state index contributed by atoms with van der Waals surface area (Å²) in [5.74, 6) is 1.37. The second-order valence-corrected chi connectivity index (χ2v) is 5.09. The van der Waals surface area contributed by atoms with Gasteiger partial charge in [0.1, 0.15) is 6.10 Å². The Morgan fingerprint density at radius 2 is 2.19 bits per heavy atom. The van der Waals surface area contributed by atoms with Crippen LogP contribution in [0.25, 0.3) is 0 Å². The number of ether oxygens (including phenoxy) is 1. The molecule has 4 heteroatoms. The fourth-order valence-corrected chi connectivity index (χ4v) is 3.29. The minimum absolute atomic E-state index is 0.0569. The van der Waals surface area contributed by atoms with Crippen LogP contribution in [0.2, 0.25) is 0 Å². The maximum absolute atomic E-state index is 11.8. The third-order valence-electron chi connectivity index (χ3n) is 4.33. The summed E-state index contributed by atoms with van der Waals surface area (Å²) in [4.78, 5) is 11.8. The zero-order valence-electron chi connectivity index (χ0n) is 9.98. The first-order valence-corrected chi connectivity index (χ1v) is 6.11. The second-order valence-electron chi connectivity index (χ2n) is 5.09. The van der Waals surface area contributed by atoms with E-state index in [1.54, 1.807) is 6.92 Å². The van der Waals surface area contributed by atoms with Gasteiger partial charge in [0.2, 0.25) is 5.91 Å². The van der Waals surface area contributed by atoms with E-state index < -0.39 is 6.10 Å². The molecular weight excluding hydrogens is 206 g/mol. The summed E-state index contributed by atoms with van der Waals surface area (Å²) in [6, 6.07) is 0.161. The number of aliphatic hydroxyl groups excluding tert-OH is 1. The predicted molar refractivity (Wildman–Crippen MR) is 59.8 cm³/mol. The van der Waals surface area contributed by atoms with Gasteiger partial charge >= 0.3 is 0 Å². The van der Waals surface area contributed by atoms with E-state index in [0.29, 0.717) is 11.8 Å². The van der Waals surface area contributed by atoms with Crippen LogP contribution in [-0.4, -0.2) is 36.9 Å². The normalized spacial score (nSPS) is 38.7. The molecule has 0 saturated heterocycles. The highest BCUT2D eigenvalue weighted by atomic mass is 16.5. The zero-order valence-corrected chi connectivity index (χ0v) is 9.98. The van der Waals surface area contributed by atoms with Gasteiger partial charge in [-0.15, -0.1) is 0 Å². The summed E-state index contributed by atoms with van der Waals surface area (Å²) >= 11 is 0. The summed E-state index contributed by atoms with van der Waals surface area (Å²) in [6.07, 6.45) is 3.16. The molecule has 4 nitrogen and oxygen atoms in total. The summed E-state index contributed by atoms with van der Waals surface area (Å²) < 4.78 is 5.00. The van der Waals surface area contributed by atoms with Gasteiger partial charge in [-0.25, -0.2) is 0 Å². The molecule has 2 rings (SSSR count). The van der Waals surface area contributed by atoms with Crippen molar-refractivity contribution >= 4 is 5.91 Å². The average molecular weight is 227 g/mol. The molecule has 16 heavy (non-hydrogen) atoms. The topological polar surface area (TPSA) is 58.6 Å². The summed E-state index contributed by atoms with van der Waals surface area (Å²) in [7, 11) is 1.54. The van der Waals surface area contributed by atoms with Crippen molar-refractivity contribution in [2.75, 3.05) is 13.7 Å². The van der Waals surface area contributed by atoms with Crippen molar-refractivity contribution < 1.29 is 14.6 Å². The Hall–Kier alpha value is -0.610. The number of hydrogen-bond acceptors (Lipinski definition) is 3. The number of fused-ring (bicyclic) bond motifs is 2. The van der Waals surface area contributed by atoms with Crippen molar-refractivity contribution in [3.05, 3.63) is 0 Å². The van der Waals surface area contributed by atoms with Crippen LogP contribution < -0.4 is 5.32 Å². The smallest absolute Gasteiger partial charge is 0.249 e. The van der Waals surface area contributed by atoms with Crippen LogP contribution in [0.4, 0.5) is 0 Å². The summed E-state index contributed by atoms with van der Waals surface area (Å²) in [5, 5.41) is 12.4. The predicted octanol–water partition coefficient (Wildman–Crippen LogP) is 0.544. The van der Waals surface area contributed by atoms with E-state index in [0.717, 1.165) is 6.42 Å². The van der Waals surface area contributed by atoms with Gasteiger partial charge in [0.15, 0.2) is 0 Å². The number of hydrogen-bond donors (Lipinski definition) is 2. The molecule has 0 radical (unpaired) electrons. The van der Waals surface area contributed by atoms with Crippen molar-refractivity contribution in [2.45, 2.75) is 38.3 Å². The fourth-order valence-electron chi connectivity index (χ4n) is 3.29. The molecule has 2 bridgehead atoms. The van der Waals surface area contributed by atoms with E-state index in [1.807, 2.05) is 0 Å². The van der Waals surface area contributed by atoms with E-state index in [4.69, 9.17) is 4.74 Å². The average Bonchev–Trinajstić information content (AvgIpc) is 2.88. The first-order chi connectivity index (χ1) is 7.67. The maximum atomic E-state index is 11.8. The quantitative estimate of drug-likeness (QED) is 0.737. The van der Waals surface area contributed by atoms with Crippen LogP contribution in [0, 0.1) is 17.8 Å². The van der Waals surface area contributed by atoms with Crippen LogP contribution in [0.1, 0.15) is 26.2 Å². The Morgan fingerprint density at radius 3 is 2.81 bits per heavy atom. The van der Waals surface area contributed by atoms with E-state index in [-0.39, 0.29) is 24.5 Å². The van der Waals surface area contributed by atoms with E-state index in [2.05, 4.69) is 5.32 Å². The molecule has 0 spiro atoms. The Morgan fingerprint density at radius 1 is 1.50 bits per heavy atom. The van der Waals surface area contributed by atoms with E-state index >= 15 is 0 Å². The lowest BCUT2D eigenvalue weighted by Crippen LogP contribution is -2.48. The largest absolute Gasteiger partial charge is 0.396 e. The third kappa shape index (κ3) is 1.96. The van der Waals surface area contributed by atoms with Crippen LogP contribution in [-0.2, 0) is 9.53 Å². The number of amides is 1. The van der Waals surface area contributed by atoms with Gasteiger partial charge in [-0.2, -0.15) is 0 Å². The monoisotopic (exact) mass is 227 g/mol. The van der Waals surface area contributed by atoms with Gasteiger partial charge < -0.3 is 15.2 Å². The minimum Gasteiger partial charge on any atom is -0.396 e. The molecule has 0 aromatic carbocycles. The lowest BCUT2D eigenvalue weighted by molar-refractivity contribution is -0.131. The van der Waals surface area contributed by atoms with Gasteiger partial charge in [0.25, 0.3) is 0 Å². The molecule has 5 atom stereocenters. The summed E-state index contributed by atoms with van der Waals surface area (Å²) in [6.45, 7) is 1.93. The first-order valence-electron chi connectivity index (χ1n) is 6.11. The standard InChI is InChI=1S/C12H21NO3/c1-7(16-2)12(15)13-11-9-4-3-8(5-9)10(11)6-14/h7-11,14H,3-6H2,1-2H3,(H,13,15). The highest BCUT2D eigenvalue weighted by Crippen LogP contribution is 2.48. The van der Waals surface area contributed by atoms with Crippen molar-refractivity contribution in [3.63, 3.8) is 0 Å². The molecular formula is C12H21NO3. The number of aliphatic hydroxyl groups is 1. The Kier molecular flexibility index (Phi) is 3.50. The molecule has 0 aliphatic heterocycles. The van der Waals surface area contributed by atoms with Crippen molar-refractivity contribution in [1.82, 2.24) is 5.32 Å². The third-order valence-corrected chi connectivity index (χ3v) is 4.33. The van der Waals surface area contributed by atoms with E-state index in [9.17, 15) is 9.90 Å². The molecule has 5 unspecified atom stereocenters. The Labute approximate surface area is 96.4 Å². The zero-order chi connectivity index (χ0) is 11.7. The number of carbonyl (C=O) groups is 1. The highest BCUT2D eigenvalue weighted by molar-refractivity contribution is 5.80. The summed E-state index contributed by atoms with van der Waals surface area (Å²) in [5.41, 5.74) is 0. The molecule has 92 valence electrons. The minimum atomic E-state index is -0.404. The number of nitrogens with one attached hydrogen (secondary N) is 1. The lowest BCUT2D eigenvalue weighted by Gasteiger charge is -2.31. The van der Waals surface area contributed by atoms with E-state index in [1.165, 1.54) is 20.0 Å². The second kappa shape index (κ2) is 4.72. The van der Waals surface area contributed by atoms with Crippen LogP contribution in [0.15, 0.2) is 0 Å². The first kappa shape index (κ1) is 11.9. The molecule has 0 aromatic heterocycles. The van der Waals surface area contributed by atoms with Crippen molar-refractivity contribution in [3.8, 4) is 0 Å². The van der Waals surface area contributed by atoms with Gasteiger partial charge in [-0.1, -0.05) is 0 Å². The molecule has 2 saturated carbocycles. The Bertz CT molecular complexity index is 269. The molecule has 0 aromatic rings. The van der Waals surface area contributed by atoms with Gasteiger partial charge in [0, 0.05) is 25.7 Å². The Balaban J connectivity index is 1.96. The SMILES string of the molecule is COC(C)C(=O)NC1C2CCC(C2)C1CO. The van der Waals surface area contributed by atoms with Gasteiger partial charge in [-0.05, 0) is 38.0 Å². The van der Waals surface area contributed by atoms with Crippen LogP contribution >= 0.6 is 0 Å². The molecule has 2 fully saturated rings. The number of carbonyl (C=O) groups excluding carboxylic acids is 1. The number of methoxy groups -OCH3 is 1. The van der Waals surface area contributed by atoms with Crippen LogP contribution in [0.5, 0.6) is 0 Å². The molecule has 0 heterocycles. The van der Waals surface area contributed by atoms with Gasteiger partial charge in [-0.3, -0.25) is 4.79 Å². The van der Waals surface area contributed by atoms with Crippen molar-refractivity contribution in [2.24, 2.45) is 17.8 Å². The maximum Gasteiger partial charge on any atom is 0.249 e. The number of rotatable bonds is 4. The molecule has 2 N–H and O–H groups in total.